The molecule has 17 heavy (non-hydrogen) atoms. The first-order chi connectivity index (χ1) is 7.86. The second-order valence-electron chi connectivity index (χ2n) is 3.03. The van der Waals surface area contributed by atoms with Crippen LogP contribution in [-0.2, 0) is 6.18 Å². The van der Waals surface area contributed by atoms with E-state index in [0.717, 1.165) is 12.1 Å². The lowest BCUT2D eigenvalue weighted by Crippen LogP contribution is -2.26. The number of hydrogen-bond donors (Lipinski definition) is 1. The molecule has 7 heteroatoms. The molecule has 1 rings (SSSR count). The molecule has 1 N–H and O–H groups in total. The lowest BCUT2D eigenvalue weighted by Gasteiger charge is -2.12. The fourth-order valence-corrected chi connectivity index (χ4v) is 1.53. The Morgan fingerprint density at radius 3 is 2.65 bits per heavy atom. The van der Waals surface area contributed by atoms with E-state index in [1.807, 2.05) is 0 Å². The number of carbonyl (C=O) groups excluding carboxylic acids is 1. The molecule has 0 bridgehead atoms. The van der Waals surface area contributed by atoms with Crippen LogP contribution in [0.15, 0.2) is 22.7 Å². The average Bonchev–Trinajstić information content (AvgIpc) is 2.24. The van der Waals surface area contributed by atoms with Gasteiger partial charge in [-0.15, -0.1) is 0 Å². The maximum Gasteiger partial charge on any atom is 0.417 e. The maximum atomic E-state index is 12.6. The summed E-state index contributed by atoms with van der Waals surface area (Å²) in [6, 6.07) is 4.82. The maximum absolute atomic E-state index is 12.6. The summed E-state index contributed by atoms with van der Waals surface area (Å²) in [5, 5.41) is 10.3. The summed E-state index contributed by atoms with van der Waals surface area (Å²) in [5.41, 5.74) is -1.54. The number of rotatable bonds is 2. The molecule has 0 saturated carbocycles. The minimum atomic E-state index is -4.62. The van der Waals surface area contributed by atoms with Crippen LogP contribution >= 0.6 is 15.9 Å². The summed E-state index contributed by atoms with van der Waals surface area (Å²) in [6.45, 7) is -0.341. The zero-order valence-electron chi connectivity index (χ0n) is 8.31. The van der Waals surface area contributed by atoms with Gasteiger partial charge in [-0.2, -0.15) is 18.4 Å². The summed E-state index contributed by atoms with van der Waals surface area (Å²) in [6.07, 6.45) is -4.62. The summed E-state index contributed by atoms with van der Waals surface area (Å²) < 4.78 is 38.2. The molecular formula is C10H6BrF3N2O. The molecule has 0 unspecified atom stereocenters. The van der Waals surface area contributed by atoms with E-state index in [4.69, 9.17) is 5.26 Å². The third kappa shape index (κ3) is 3.46. The van der Waals surface area contributed by atoms with E-state index in [0.29, 0.717) is 0 Å². The Kier molecular flexibility index (Phi) is 4.12. The van der Waals surface area contributed by atoms with Crippen molar-refractivity contribution in [2.24, 2.45) is 0 Å². The van der Waals surface area contributed by atoms with Crippen molar-refractivity contribution in [1.29, 1.82) is 5.26 Å². The van der Waals surface area contributed by atoms with E-state index in [9.17, 15) is 18.0 Å². The van der Waals surface area contributed by atoms with Crippen molar-refractivity contribution in [1.82, 2.24) is 5.32 Å². The van der Waals surface area contributed by atoms with Crippen LogP contribution in [-0.4, -0.2) is 12.5 Å². The van der Waals surface area contributed by atoms with Crippen LogP contribution in [0.25, 0.3) is 0 Å². The fourth-order valence-electron chi connectivity index (χ4n) is 1.16. The van der Waals surface area contributed by atoms with E-state index in [1.165, 1.54) is 6.07 Å². The molecule has 0 spiro atoms. The molecule has 0 aromatic heterocycles. The smallest absolute Gasteiger partial charge is 0.339 e. The van der Waals surface area contributed by atoms with Crippen LogP contribution in [0.3, 0.4) is 0 Å². The minimum absolute atomic E-state index is 0.224. The summed E-state index contributed by atoms with van der Waals surface area (Å²) in [4.78, 5) is 11.4. The number of amides is 1. The van der Waals surface area contributed by atoms with Gasteiger partial charge in [0.1, 0.15) is 6.54 Å². The van der Waals surface area contributed by atoms with Crippen molar-refractivity contribution < 1.29 is 18.0 Å². The molecule has 0 aliphatic heterocycles. The zero-order chi connectivity index (χ0) is 13.1. The monoisotopic (exact) mass is 306 g/mol. The number of nitriles is 1. The van der Waals surface area contributed by atoms with Gasteiger partial charge in [0, 0.05) is 4.47 Å². The average molecular weight is 307 g/mol. The lowest BCUT2D eigenvalue weighted by atomic mass is 10.1. The molecule has 0 fully saturated rings. The highest BCUT2D eigenvalue weighted by molar-refractivity contribution is 9.10. The Morgan fingerprint density at radius 1 is 1.47 bits per heavy atom. The van der Waals surface area contributed by atoms with E-state index >= 15 is 0 Å². The highest BCUT2D eigenvalue weighted by Crippen LogP contribution is 2.33. The van der Waals surface area contributed by atoms with E-state index < -0.39 is 23.2 Å². The molecule has 1 aromatic carbocycles. The highest BCUT2D eigenvalue weighted by atomic mass is 79.9. The molecule has 0 aliphatic rings. The Bertz CT molecular complexity index is 479. The molecule has 0 aliphatic carbocycles. The van der Waals surface area contributed by atoms with E-state index in [1.54, 1.807) is 6.07 Å². The largest absolute Gasteiger partial charge is 0.417 e. The van der Waals surface area contributed by atoms with Gasteiger partial charge in [0.15, 0.2) is 0 Å². The molecule has 1 aromatic rings. The van der Waals surface area contributed by atoms with Crippen molar-refractivity contribution in [3.05, 3.63) is 33.8 Å². The van der Waals surface area contributed by atoms with Crippen molar-refractivity contribution in [3.8, 4) is 6.07 Å². The Hall–Kier alpha value is -1.55. The second kappa shape index (κ2) is 5.19. The first-order valence-electron chi connectivity index (χ1n) is 4.38. The van der Waals surface area contributed by atoms with Gasteiger partial charge in [-0.3, -0.25) is 4.79 Å². The lowest BCUT2D eigenvalue weighted by molar-refractivity contribution is -0.138. The van der Waals surface area contributed by atoms with Gasteiger partial charge in [0.2, 0.25) is 0 Å². The number of alkyl halides is 3. The predicted octanol–water partition coefficient (Wildman–Crippen LogP) is 2.72. The summed E-state index contributed by atoms with van der Waals surface area (Å²) >= 11 is 2.91. The first kappa shape index (κ1) is 13.5. The van der Waals surface area contributed by atoms with Crippen LogP contribution in [0.4, 0.5) is 13.2 Å². The van der Waals surface area contributed by atoms with Crippen molar-refractivity contribution in [3.63, 3.8) is 0 Å². The van der Waals surface area contributed by atoms with Crippen LogP contribution in [0.5, 0.6) is 0 Å². The Labute approximate surface area is 103 Å². The van der Waals surface area contributed by atoms with Crippen LogP contribution in [0.1, 0.15) is 15.9 Å². The second-order valence-corrected chi connectivity index (χ2v) is 3.94. The topological polar surface area (TPSA) is 52.9 Å². The first-order valence-corrected chi connectivity index (χ1v) is 5.17. The fraction of sp³-hybridized carbons (Fsp3) is 0.200. The third-order valence-corrected chi connectivity index (χ3v) is 2.35. The normalized spacial score (nSPS) is 10.8. The van der Waals surface area contributed by atoms with Crippen LogP contribution < -0.4 is 5.32 Å². The minimum Gasteiger partial charge on any atom is -0.339 e. The molecule has 0 saturated heterocycles. The van der Waals surface area contributed by atoms with Gasteiger partial charge < -0.3 is 5.32 Å². The quantitative estimate of drug-likeness (QED) is 0.854. The molecular weight excluding hydrogens is 301 g/mol. The van der Waals surface area contributed by atoms with Gasteiger partial charge in [0.05, 0.1) is 17.2 Å². The summed E-state index contributed by atoms with van der Waals surface area (Å²) in [7, 11) is 0. The van der Waals surface area contributed by atoms with E-state index in [-0.39, 0.29) is 11.0 Å². The predicted molar refractivity (Wildman–Crippen MR) is 57.1 cm³/mol. The van der Waals surface area contributed by atoms with Gasteiger partial charge >= 0.3 is 6.18 Å². The Balaban J connectivity index is 3.16. The molecule has 3 nitrogen and oxygen atoms in total. The highest BCUT2D eigenvalue weighted by Gasteiger charge is 2.35. The number of carbonyl (C=O) groups is 1. The molecule has 1 amide bonds. The zero-order valence-corrected chi connectivity index (χ0v) is 9.89. The van der Waals surface area contributed by atoms with Crippen LogP contribution in [0, 0.1) is 11.3 Å². The number of halogens is 4. The number of nitrogens with one attached hydrogen (secondary N) is 1. The van der Waals surface area contributed by atoms with Gasteiger partial charge in [-0.05, 0) is 18.2 Å². The number of nitrogens with zero attached hydrogens (tertiary/aromatic N) is 1. The molecule has 0 heterocycles. The molecule has 90 valence electrons. The standard InChI is InChI=1S/C10H6BrF3N2O/c11-6-1-2-7(9(17)16-4-3-15)8(5-6)10(12,13)14/h1-2,5H,4H2,(H,16,17). The van der Waals surface area contributed by atoms with Crippen molar-refractivity contribution >= 4 is 21.8 Å². The van der Waals surface area contributed by atoms with Gasteiger partial charge in [-0.25, -0.2) is 0 Å². The Morgan fingerprint density at radius 2 is 2.12 bits per heavy atom. The summed E-state index contributed by atoms with van der Waals surface area (Å²) in [5.74, 6) is -0.925. The SMILES string of the molecule is N#CCNC(=O)c1ccc(Br)cc1C(F)(F)F. The molecule has 0 atom stereocenters. The third-order valence-electron chi connectivity index (χ3n) is 1.86. The van der Waals surface area contributed by atoms with E-state index in [2.05, 4.69) is 21.2 Å². The molecule has 0 radical (unpaired) electrons. The number of hydrogen-bond acceptors (Lipinski definition) is 2. The van der Waals surface area contributed by atoms with Crippen LogP contribution in [0.2, 0.25) is 0 Å². The number of benzene rings is 1. The van der Waals surface area contributed by atoms with Crippen molar-refractivity contribution in [2.45, 2.75) is 6.18 Å². The van der Waals surface area contributed by atoms with Crippen molar-refractivity contribution in [2.75, 3.05) is 6.54 Å². The van der Waals surface area contributed by atoms with Gasteiger partial charge in [0.25, 0.3) is 5.91 Å². The van der Waals surface area contributed by atoms with Gasteiger partial charge in [-0.1, -0.05) is 15.9 Å².